The fourth-order valence-corrected chi connectivity index (χ4v) is 1.19. The van der Waals surface area contributed by atoms with E-state index in [-0.39, 0.29) is 12.2 Å². The van der Waals surface area contributed by atoms with Crippen LogP contribution in [0.3, 0.4) is 0 Å². The SMILES string of the molecule is CC(C)OCc1cccc(COC(C)C)n1. The van der Waals surface area contributed by atoms with Crippen molar-refractivity contribution >= 4 is 0 Å². The Hall–Kier alpha value is -0.930. The average Bonchev–Trinajstić information content (AvgIpc) is 2.24. The van der Waals surface area contributed by atoms with Gasteiger partial charge in [-0.3, -0.25) is 4.98 Å². The summed E-state index contributed by atoms with van der Waals surface area (Å²) in [6.07, 6.45) is 0.467. The largest absolute Gasteiger partial charge is 0.373 e. The first-order chi connectivity index (χ1) is 7.58. The van der Waals surface area contributed by atoms with Crippen molar-refractivity contribution in [2.75, 3.05) is 0 Å². The molecular formula is C13H21NO2. The van der Waals surface area contributed by atoms with Crippen molar-refractivity contribution in [2.24, 2.45) is 0 Å². The van der Waals surface area contributed by atoms with Crippen LogP contribution in [-0.4, -0.2) is 17.2 Å². The summed E-state index contributed by atoms with van der Waals surface area (Å²) in [5.41, 5.74) is 1.91. The maximum absolute atomic E-state index is 5.51. The van der Waals surface area contributed by atoms with Gasteiger partial charge in [-0.15, -0.1) is 0 Å². The Bertz CT molecular complexity index is 283. The fourth-order valence-electron chi connectivity index (χ4n) is 1.19. The highest BCUT2D eigenvalue weighted by Crippen LogP contribution is 2.05. The number of pyridine rings is 1. The molecular weight excluding hydrogens is 202 g/mol. The minimum atomic E-state index is 0.234. The van der Waals surface area contributed by atoms with Crippen molar-refractivity contribution in [3.63, 3.8) is 0 Å². The van der Waals surface area contributed by atoms with E-state index in [4.69, 9.17) is 9.47 Å². The number of nitrogens with zero attached hydrogens (tertiary/aromatic N) is 1. The number of ether oxygens (including phenoxy) is 2. The molecule has 1 aromatic rings. The summed E-state index contributed by atoms with van der Waals surface area (Å²) in [6, 6.07) is 5.94. The second-order valence-electron chi connectivity index (χ2n) is 4.34. The summed E-state index contributed by atoms with van der Waals surface area (Å²) < 4.78 is 11.0. The van der Waals surface area contributed by atoms with Crippen molar-refractivity contribution in [1.29, 1.82) is 0 Å². The van der Waals surface area contributed by atoms with E-state index in [1.165, 1.54) is 0 Å². The molecule has 0 amide bonds. The molecule has 1 aromatic heterocycles. The lowest BCUT2D eigenvalue weighted by atomic mass is 10.3. The molecule has 3 nitrogen and oxygen atoms in total. The van der Waals surface area contributed by atoms with Crippen molar-refractivity contribution in [1.82, 2.24) is 4.98 Å². The summed E-state index contributed by atoms with van der Waals surface area (Å²) >= 11 is 0. The van der Waals surface area contributed by atoms with E-state index in [1.54, 1.807) is 0 Å². The van der Waals surface area contributed by atoms with E-state index in [0.717, 1.165) is 11.4 Å². The van der Waals surface area contributed by atoms with Crippen LogP contribution < -0.4 is 0 Å². The molecule has 1 rings (SSSR count). The first-order valence-electron chi connectivity index (χ1n) is 5.76. The lowest BCUT2D eigenvalue weighted by Gasteiger charge is -2.09. The molecule has 1 heterocycles. The van der Waals surface area contributed by atoms with E-state index in [9.17, 15) is 0 Å². The van der Waals surface area contributed by atoms with Gasteiger partial charge in [-0.25, -0.2) is 0 Å². The Labute approximate surface area is 97.8 Å². The van der Waals surface area contributed by atoms with Gasteiger partial charge >= 0.3 is 0 Å². The standard InChI is InChI=1S/C13H21NO2/c1-10(2)15-8-12-6-5-7-13(14-12)9-16-11(3)4/h5-7,10-11H,8-9H2,1-4H3. The van der Waals surface area contributed by atoms with Crippen LogP contribution in [0.2, 0.25) is 0 Å². The highest BCUT2D eigenvalue weighted by atomic mass is 16.5. The first kappa shape index (κ1) is 13.1. The van der Waals surface area contributed by atoms with Crippen molar-refractivity contribution in [2.45, 2.75) is 53.1 Å². The van der Waals surface area contributed by atoms with Crippen molar-refractivity contribution < 1.29 is 9.47 Å². The fraction of sp³-hybridized carbons (Fsp3) is 0.615. The number of rotatable bonds is 6. The summed E-state index contributed by atoms with van der Waals surface area (Å²) in [5, 5.41) is 0. The predicted octanol–water partition coefficient (Wildman–Crippen LogP) is 2.93. The summed E-state index contributed by atoms with van der Waals surface area (Å²) in [7, 11) is 0. The van der Waals surface area contributed by atoms with Gasteiger partial charge in [0.05, 0.1) is 36.8 Å². The molecule has 0 saturated heterocycles. The molecule has 0 aliphatic heterocycles. The van der Waals surface area contributed by atoms with Gasteiger partial charge < -0.3 is 9.47 Å². The van der Waals surface area contributed by atoms with Crippen LogP contribution in [0.25, 0.3) is 0 Å². The third-order valence-electron chi connectivity index (χ3n) is 1.99. The van der Waals surface area contributed by atoms with E-state index in [0.29, 0.717) is 13.2 Å². The van der Waals surface area contributed by atoms with Crippen LogP contribution in [-0.2, 0) is 22.7 Å². The molecule has 0 aliphatic rings. The first-order valence-corrected chi connectivity index (χ1v) is 5.76. The molecule has 16 heavy (non-hydrogen) atoms. The van der Waals surface area contributed by atoms with Gasteiger partial charge in [0.2, 0.25) is 0 Å². The molecule has 0 aromatic carbocycles. The van der Waals surface area contributed by atoms with Gasteiger partial charge in [-0.05, 0) is 39.8 Å². The highest BCUT2D eigenvalue weighted by molar-refractivity contribution is 5.10. The lowest BCUT2D eigenvalue weighted by molar-refractivity contribution is 0.0583. The zero-order chi connectivity index (χ0) is 12.0. The quantitative estimate of drug-likeness (QED) is 0.743. The van der Waals surface area contributed by atoms with Crippen molar-refractivity contribution in [3.8, 4) is 0 Å². The van der Waals surface area contributed by atoms with Gasteiger partial charge in [-0.1, -0.05) is 6.07 Å². The van der Waals surface area contributed by atoms with Gasteiger partial charge in [0.1, 0.15) is 0 Å². The summed E-state index contributed by atoms with van der Waals surface area (Å²) in [6.45, 7) is 9.20. The Morgan fingerprint density at radius 3 is 1.75 bits per heavy atom. The van der Waals surface area contributed by atoms with E-state index in [2.05, 4.69) is 4.98 Å². The topological polar surface area (TPSA) is 31.4 Å². The molecule has 0 aliphatic carbocycles. The zero-order valence-electron chi connectivity index (χ0n) is 10.6. The molecule has 0 radical (unpaired) electrons. The highest BCUT2D eigenvalue weighted by Gasteiger charge is 2.01. The Morgan fingerprint density at radius 1 is 0.938 bits per heavy atom. The van der Waals surface area contributed by atoms with Crippen LogP contribution in [0.4, 0.5) is 0 Å². The van der Waals surface area contributed by atoms with Gasteiger partial charge in [-0.2, -0.15) is 0 Å². The molecule has 0 spiro atoms. The Balaban J connectivity index is 2.50. The molecule has 0 N–H and O–H groups in total. The molecule has 90 valence electrons. The van der Waals surface area contributed by atoms with Gasteiger partial charge in [0, 0.05) is 0 Å². The maximum Gasteiger partial charge on any atom is 0.0891 e. The molecule has 3 heteroatoms. The zero-order valence-corrected chi connectivity index (χ0v) is 10.6. The molecule has 0 saturated carbocycles. The summed E-state index contributed by atoms with van der Waals surface area (Å²) in [4.78, 5) is 4.47. The molecule has 0 fully saturated rings. The second kappa shape index (κ2) is 6.61. The molecule has 0 bridgehead atoms. The third kappa shape index (κ3) is 5.24. The lowest BCUT2D eigenvalue weighted by Crippen LogP contribution is -2.07. The monoisotopic (exact) mass is 223 g/mol. The van der Waals surface area contributed by atoms with Gasteiger partial charge in [0.15, 0.2) is 0 Å². The Kier molecular flexibility index (Phi) is 5.43. The van der Waals surface area contributed by atoms with E-state index < -0.39 is 0 Å². The third-order valence-corrected chi connectivity index (χ3v) is 1.99. The maximum atomic E-state index is 5.51. The second-order valence-corrected chi connectivity index (χ2v) is 4.34. The van der Waals surface area contributed by atoms with Crippen LogP contribution in [0.5, 0.6) is 0 Å². The number of hydrogen-bond acceptors (Lipinski definition) is 3. The van der Waals surface area contributed by atoms with Gasteiger partial charge in [0.25, 0.3) is 0 Å². The Morgan fingerprint density at radius 2 is 1.38 bits per heavy atom. The van der Waals surface area contributed by atoms with E-state index in [1.807, 2.05) is 45.9 Å². The number of hydrogen-bond donors (Lipinski definition) is 0. The van der Waals surface area contributed by atoms with E-state index >= 15 is 0 Å². The van der Waals surface area contributed by atoms with Crippen LogP contribution in [0.1, 0.15) is 39.1 Å². The van der Waals surface area contributed by atoms with Crippen LogP contribution in [0.15, 0.2) is 18.2 Å². The normalized spacial score (nSPS) is 11.4. The average molecular weight is 223 g/mol. The smallest absolute Gasteiger partial charge is 0.0891 e. The predicted molar refractivity (Wildman–Crippen MR) is 64.1 cm³/mol. The minimum absolute atomic E-state index is 0.234. The summed E-state index contributed by atoms with van der Waals surface area (Å²) in [5.74, 6) is 0. The number of aromatic nitrogens is 1. The van der Waals surface area contributed by atoms with Crippen LogP contribution >= 0.6 is 0 Å². The minimum Gasteiger partial charge on any atom is -0.373 e. The van der Waals surface area contributed by atoms with Crippen LogP contribution in [0, 0.1) is 0 Å². The molecule has 0 atom stereocenters. The van der Waals surface area contributed by atoms with Crippen molar-refractivity contribution in [3.05, 3.63) is 29.6 Å². The molecule has 0 unspecified atom stereocenters.